The molecule has 5 nitrogen and oxygen atoms in total. The van der Waals surface area contributed by atoms with Crippen molar-refractivity contribution in [1.82, 2.24) is 4.98 Å². The summed E-state index contributed by atoms with van der Waals surface area (Å²) in [6.45, 7) is 9.82. The molecule has 0 spiro atoms. The molecule has 1 unspecified atom stereocenters. The number of benzene rings is 1. The summed E-state index contributed by atoms with van der Waals surface area (Å²) in [4.78, 5) is 12.3. The van der Waals surface area contributed by atoms with Gasteiger partial charge in [-0.05, 0) is 57.7 Å². The van der Waals surface area contributed by atoms with Crippen LogP contribution in [0.5, 0.6) is 0 Å². The van der Waals surface area contributed by atoms with Gasteiger partial charge in [0, 0.05) is 18.1 Å². The van der Waals surface area contributed by atoms with Crippen LogP contribution in [0.2, 0.25) is 0 Å². The largest absolute Gasteiger partial charge is 0.423 e. The van der Waals surface area contributed by atoms with Crippen molar-refractivity contribution in [2.45, 2.75) is 39.5 Å². The van der Waals surface area contributed by atoms with Crippen LogP contribution in [0.3, 0.4) is 0 Å². The molecule has 0 saturated heterocycles. The molecule has 0 saturated carbocycles. The number of nitrogens with one attached hydrogen (secondary N) is 1. The van der Waals surface area contributed by atoms with Crippen LogP contribution < -0.4 is 5.32 Å². The fraction of sp³-hybridized carbons (Fsp3) is 0.316. The highest BCUT2D eigenvalue weighted by Crippen LogP contribution is 2.42. The first-order valence-corrected chi connectivity index (χ1v) is 9.08. The maximum atomic E-state index is 13.0. The van der Waals surface area contributed by atoms with Gasteiger partial charge in [0.25, 0.3) is 0 Å². The molecule has 2 aromatic rings. The molecule has 0 bridgehead atoms. The lowest BCUT2D eigenvalue weighted by Gasteiger charge is -2.23. The summed E-state index contributed by atoms with van der Waals surface area (Å²) in [5.74, 6) is 0.294. The van der Waals surface area contributed by atoms with E-state index in [0.717, 1.165) is 22.5 Å². The van der Waals surface area contributed by atoms with Crippen LogP contribution in [-0.2, 0) is 5.60 Å². The number of halogens is 3. The Bertz CT molecular complexity index is 926. The minimum atomic E-state index is -4.81. The molecule has 0 aliphatic rings. The van der Waals surface area contributed by atoms with E-state index in [1.165, 1.54) is 6.20 Å². The van der Waals surface area contributed by atoms with Crippen molar-refractivity contribution in [3.05, 3.63) is 46.7 Å². The number of aromatic nitrogens is 1. The Balaban J connectivity index is 2.38. The molecule has 150 valence electrons. The number of guanidine groups is 1. The van der Waals surface area contributed by atoms with Crippen LogP contribution in [0.4, 0.5) is 18.9 Å². The Morgan fingerprint density at radius 1 is 1.29 bits per heavy atom. The lowest BCUT2D eigenvalue weighted by molar-refractivity contribution is -0.258. The third-order valence-corrected chi connectivity index (χ3v) is 4.94. The summed E-state index contributed by atoms with van der Waals surface area (Å²) >= 11 is 0.792. The van der Waals surface area contributed by atoms with Crippen molar-refractivity contribution in [3.63, 3.8) is 0 Å². The summed E-state index contributed by atoms with van der Waals surface area (Å²) in [6, 6.07) is 5.41. The van der Waals surface area contributed by atoms with E-state index >= 15 is 0 Å². The van der Waals surface area contributed by atoms with Crippen LogP contribution in [0, 0.1) is 6.92 Å². The Labute approximate surface area is 165 Å². The lowest BCUT2D eigenvalue weighted by atomic mass is 10.1. The zero-order valence-electron chi connectivity index (χ0n) is 15.9. The number of rotatable bonds is 4. The highest BCUT2D eigenvalue weighted by Gasteiger charge is 2.53. The first-order chi connectivity index (χ1) is 12.9. The number of anilines is 1. The number of hydrogen-bond donors (Lipinski definition) is 2. The second-order valence-electron chi connectivity index (χ2n) is 6.63. The molecule has 1 atom stereocenters. The second-order valence-corrected chi connectivity index (χ2v) is 7.66. The smallest absolute Gasteiger partial charge is 0.375 e. The molecule has 1 aromatic heterocycles. The predicted molar refractivity (Wildman–Crippen MR) is 108 cm³/mol. The average molecular weight is 410 g/mol. The fourth-order valence-electron chi connectivity index (χ4n) is 2.18. The molecular formula is C19H21F3N4OS. The minimum Gasteiger partial charge on any atom is -0.375 e. The van der Waals surface area contributed by atoms with Gasteiger partial charge >= 0.3 is 6.18 Å². The molecule has 9 heteroatoms. The molecule has 28 heavy (non-hydrogen) atoms. The quantitative estimate of drug-likeness (QED) is 0.532. The van der Waals surface area contributed by atoms with Crippen LogP contribution in [-0.4, -0.2) is 28.9 Å². The maximum absolute atomic E-state index is 13.0. The molecular weight excluding hydrogens is 389 g/mol. The van der Waals surface area contributed by atoms with Crippen molar-refractivity contribution >= 4 is 29.7 Å². The summed E-state index contributed by atoms with van der Waals surface area (Å²) in [7, 11) is 0. The third-order valence-electron chi connectivity index (χ3n) is 3.69. The number of aliphatic hydroxyl groups is 1. The lowest BCUT2D eigenvalue weighted by Crippen LogP contribution is -2.39. The Morgan fingerprint density at radius 2 is 1.96 bits per heavy atom. The number of nitrogens with zero attached hydrogens (tertiary/aromatic N) is 3. The van der Waals surface area contributed by atoms with E-state index in [2.05, 4.69) is 27.0 Å². The van der Waals surface area contributed by atoms with E-state index in [1.807, 2.05) is 32.9 Å². The van der Waals surface area contributed by atoms with Gasteiger partial charge in [0.15, 0.2) is 0 Å². The molecule has 0 radical (unpaired) electrons. The van der Waals surface area contributed by atoms with Crippen molar-refractivity contribution in [2.24, 2.45) is 9.98 Å². The van der Waals surface area contributed by atoms with Crippen LogP contribution >= 0.6 is 11.3 Å². The number of allylic oxidation sites excluding steroid dienone is 1. The van der Waals surface area contributed by atoms with Crippen molar-refractivity contribution in [2.75, 3.05) is 5.32 Å². The van der Waals surface area contributed by atoms with E-state index < -0.39 is 16.8 Å². The monoisotopic (exact) mass is 410 g/mol. The molecule has 0 amide bonds. The number of thiazole rings is 1. The van der Waals surface area contributed by atoms with Crippen molar-refractivity contribution in [3.8, 4) is 10.4 Å². The summed E-state index contributed by atoms with van der Waals surface area (Å²) in [6.07, 6.45) is -1.85. The Morgan fingerprint density at radius 3 is 2.54 bits per heavy atom. The third kappa shape index (κ3) is 5.05. The zero-order chi connectivity index (χ0) is 21.1. The standard InChI is InChI=1S/C19H21F3N4OS/c1-11(2)9-25-17(23-5)26-14-7-12(3)6-13(8-14)15-10-24-16(28-15)18(4,27)19(20,21)22/h6-10,27H,5H2,1-4H3,(H,25,26). The van der Waals surface area contributed by atoms with E-state index in [-0.39, 0.29) is 0 Å². The molecule has 2 rings (SSSR count). The second kappa shape index (κ2) is 8.24. The predicted octanol–water partition coefficient (Wildman–Crippen LogP) is 5.28. The Hall–Kier alpha value is -2.52. The van der Waals surface area contributed by atoms with Gasteiger partial charge in [0.05, 0.1) is 4.88 Å². The van der Waals surface area contributed by atoms with Crippen molar-refractivity contribution < 1.29 is 18.3 Å². The van der Waals surface area contributed by atoms with Crippen LogP contribution in [0.15, 0.2) is 46.2 Å². The highest BCUT2D eigenvalue weighted by molar-refractivity contribution is 7.15. The Kier molecular flexibility index (Phi) is 6.41. The van der Waals surface area contributed by atoms with Gasteiger partial charge < -0.3 is 10.4 Å². The van der Waals surface area contributed by atoms with Gasteiger partial charge in [0.1, 0.15) is 5.01 Å². The molecule has 0 aliphatic heterocycles. The van der Waals surface area contributed by atoms with E-state index in [1.54, 1.807) is 12.3 Å². The van der Waals surface area contributed by atoms with Gasteiger partial charge in [-0.15, -0.1) is 11.3 Å². The van der Waals surface area contributed by atoms with Gasteiger partial charge in [-0.2, -0.15) is 13.2 Å². The first-order valence-electron chi connectivity index (χ1n) is 8.26. The van der Waals surface area contributed by atoms with Gasteiger partial charge in [-0.3, -0.25) is 0 Å². The first kappa shape index (κ1) is 21.8. The van der Waals surface area contributed by atoms with E-state index in [4.69, 9.17) is 0 Å². The normalized spacial score (nSPS) is 14.4. The molecule has 0 fully saturated rings. The topological polar surface area (TPSA) is 69.9 Å². The molecule has 1 aromatic carbocycles. The fourth-order valence-corrected chi connectivity index (χ4v) is 3.15. The average Bonchev–Trinajstić information content (AvgIpc) is 3.07. The zero-order valence-corrected chi connectivity index (χ0v) is 16.7. The molecule has 1 heterocycles. The number of aryl methyl sites for hydroxylation is 1. The summed E-state index contributed by atoms with van der Waals surface area (Å²) < 4.78 is 39.1. The van der Waals surface area contributed by atoms with Gasteiger partial charge in [0.2, 0.25) is 11.6 Å². The van der Waals surface area contributed by atoms with Gasteiger partial charge in [-0.1, -0.05) is 11.6 Å². The van der Waals surface area contributed by atoms with Gasteiger partial charge in [-0.25, -0.2) is 15.0 Å². The van der Waals surface area contributed by atoms with Crippen LogP contribution in [0.25, 0.3) is 10.4 Å². The minimum absolute atomic E-state index is 0.294. The highest BCUT2D eigenvalue weighted by atomic mass is 32.1. The van der Waals surface area contributed by atoms with Crippen molar-refractivity contribution in [1.29, 1.82) is 0 Å². The molecule has 0 aliphatic carbocycles. The number of hydrogen-bond acceptors (Lipinski definition) is 4. The summed E-state index contributed by atoms with van der Waals surface area (Å²) in [5, 5.41) is 12.4. The maximum Gasteiger partial charge on any atom is 0.423 e. The SMILES string of the molecule is C=NC(=NC=C(C)C)Nc1cc(C)cc(-c2cnc(C(C)(O)C(F)(F)F)s2)c1. The number of alkyl halides is 3. The number of aliphatic imine (C=N–C) groups is 2. The van der Waals surface area contributed by atoms with E-state index in [9.17, 15) is 18.3 Å². The van der Waals surface area contributed by atoms with E-state index in [0.29, 0.717) is 29.0 Å². The molecule has 2 N–H and O–H groups in total. The van der Waals surface area contributed by atoms with Crippen LogP contribution in [0.1, 0.15) is 31.3 Å². The summed E-state index contributed by atoms with van der Waals surface area (Å²) in [5.41, 5.74) is 0.179.